The van der Waals surface area contributed by atoms with E-state index >= 15 is 0 Å². The molecule has 22 heavy (non-hydrogen) atoms. The summed E-state index contributed by atoms with van der Waals surface area (Å²) in [6, 6.07) is 9.18. The van der Waals surface area contributed by atoms with Crippen LogP contribution in [0.4, 0.5) is 18.9 Å². The van der Waals surface area contributed by atoms with Crippen LogP contribution >= 0.6 is 0 Å². The Bertz CT molecular complexity index is 655. The lowest BCUT2D eigenvalue weighted by atomic mass is 10.2. The number of amides is 1. The number of carbonyl (C=O) groups excluding carboxylic acids is 1. The summed E-state index contributed by atoms with van der Waals surface area (Å²) < 4.78 is 41.4. The summed E-state index contributed by atoms with van der Waals surface area (Å²) in [5.41, 5.74) is 1.22. The van der Waals surface area contributed by atoms with Crippen molar-refractivity contribution in [1.82, 2.24) is 4.98 Å². The normalized spacial score (nSPS) is 11.1. The number of aromatic nitrogens is 1. The summed E-state index contributed by atoms with van der Waals surface area (Å²) in [5, 5.41) is 2.51. The van der Waals surface area contributed by atoms with Crippen LogP contribution in [0.3, 0.4) is 0 Å². The van der Waals surface area contributed by atoms with Crippen LogP contribution in [0.2, 0.25) is 0 Å². The first-order chi connectivity index (χ1) is 10.3. The predicted octanol–water partition coefficient (Wildman–Crippen LogP) is 3.58. The minimum Gasteiger partial charge on any atom is -0.482 e. The molecule has 1 N–H and O–H groups in total. The number of anilines is 1. The molecule has 0 atom stereocenters. The van der Waals surface area contributed by atoms with Gasteiger partial charge in [0.2, 0.25) is 0 Å². The van der Waals surface area contributed by atoms with E-state index in [0.717, 1.165) is 5.69 Å². The van der Waals surface area contributed by atoms with Crippen molar-refractivity contribution in [2.75, 3.05) is 11.9 Å². The molecular weight excluding hydrogens is 297 g/mol. The second-order valence-corrected chi connectivity index (χ2v) is 4.54. The number of nitrogens with zero attached hydrogens (tertiary/aromatic N) is 1. The highest BCUT2D eigenvalue weighted by molar-refractivity contribution is 6.04. The fourth-order valence-electron chi connectivity index (χ4n) is 1.65. The molecule has 1 aromatic heterocycles. The van der Waals surface area contributed by atoms with E-state index in [9.17, 15) is 18.0 Å². The lowest BCUT2D eigenvalue weighted by molar-refractivity contribution is -0.153. The van der Waals surface area contributed by atoms with Crippen molar-refractivity contribution in [2.45, 2.75) is 13.1 Å². The highest BCUT2D eigenvalue weighted by Gasteiger charge is 2.28. The molecule has 1 amide bonds. The van der Waals surface area contributed by atoms with Crippen molar-refractivity contribution in [3.63, 3.8) is 0 Å². The SMILES string of the molecule is Cc1ccc(C(=O)Nc2ccccc2OCC(F)(F)F)cn1. The van der Waals surface area contributed by atoms with E-state index in [1.54, 1.807) is 25.1 Å². The Morgan fingerprint density at radius 1 is 1.23 bits per heavy atom. The van der Waals surface area contributed by atoms with Crippen LogP contribution in [0, 0.1) is 6.92 Å². The number of para-hydroxylation sites is 2. The van der Waals surface area contributed by atoms with Gasteiger partial charge in [0.15, 0.2) is 6.61 Å². The van der Waals surface area contributed by atoms with Crippen molar-refractivity contribution >= 4 is 11.6 Å². The largest absolute Gasteiger partial charge is 0.482 e. The number of carbonyl (C=O) groups is 1. The minimum atomic E-state index is -4.45. The predicted molar refractivity (Wildman–Crippen MR) is 74.9 cm³/mol. The van der Waals surface area contributed by atoms with Gasteiger partial charge in [0, 0.05) is 11.9 Å². The Balaban J connectivity index is 2.12. The van der Waals surface area contributed by atoms with Gasteiger partial charge in [0.05, 0.1) is 11.3 Å². The van der Waals surface area contributed by atoms with Crippen molar-refractivity contribution in [3.05, 3.63) is 53.9 Å². The van der Waals surface area contributed by atoms with E-state index in [4.69, 9.17) is 4.74 Å². The molecule has 0 aliphatic rings. The molecule has 0 saturated carbocycles. The average Bonchev–Trinajstić information content (AvgIpc) is 2.46. The fraction of sp³-hybridized carbons (Fsp3) is 0.200. The summed E-state index contributed by atoms with van der Waals surface area (Å²) in [6.07, 6.45) is -3.05. The number of aryl methyl sites for hydroxylation is 1. The van der Waals surface area contributed by atoms with E-state index in [1.165, 1.54) is 24.4 Å². The van der Waals surface area contributed by atoms with Gasteiger partial charge in [-0.25, -0.2) is 0 Å². The van der Waals surface area contributed by atoms with E-state index in [-0.39, 0.29) is 11.4 Å². The van der Waals surface area contributed by atoms with Gasteiger partial charge in [-0.3, -0.25) is 9.78 Å². The number of benzene rings is 1. The Labute approximate surface area is 124 Å². The molecular formula is C15H13F3N2O2. The highest BCUT2D eigenvalue weighted by Crippen LogP contribution is 2.26. The van der Waals surface area contributed by atoms with Crippen LogP contribution in [-0.2, 0) is 0 Å². The van der Waals surface area contributed by atoms with Gasteiger partial charge in [0.25, 0.3) is 5.91 Å². The van der Waals surface area contributed by atoms with Gasteiger partial charge in [-0.05, 0) is 31.2 Å². The van der Waals surface area contributed by atoms with Crippen LogP contribution in [0.5, 0.6) is 5.75 Å². The number of rotatable bonds is 4. The number of pyridine rings is 1. The maximum Gasteiger partial charge on any atom is 0.422 e. The van der Waals surface area contributed by atoms with E-state index in [2.05, 4.69) is 10.3 Å². The monoisotopic (exact) mass is 310 g/mol. The Morgan fingerprint density at radius 3 is 2.59 bits per heavy atom. The Morgan fingerprint density at radius 2 is 1.95 bits per heavy atom. The molecule has 4 nitrogen and oxygen atoms in total. The minimum absolute atomic E-state index is 0.0479. The first kappa shape index (κ1) is 15.8. The zero-order chi connectivity index (χ0) is 16.2. The number of nitrogens with one attached hydrogen (secondary N) is 1. The third-order valence-electron chi connectivity index (χ3n) is 2.70. The second kappa shape index (κ2) is 6.46. The van der Waals surface area contributed by atoms with Crippen molar-refractivity contribution in [2.24, 2.45) is 0 Å². The van der Waals surface area contributed by atoms with Crippen LogP contribution in [0.1, 0.15) is 16.1 Å². The van der Waals surface area contributed by atoms with E-state index in [1.807, 2.05) is 0 Å². The molecule has 0 radical (unpaired) electrons. The van der Waals surface area contributed by atoms with Gasteiger partial charge < -0.3 is 10.1 Å². The fourth-order valence-corrected chi connectivity index (χ4v) is 1.65. The first-order valence-electron chi connectivity index (χ1n) is 6.38. The summed E-state index contributed by atoms with van der Waals surface area (Å²) in [7, 11) is 0. The summed E-state index contributed by atoms with van der Waals surface area (Å²) >= 11 is 0. The summed E-state index contributed by atoms with van der Waals surface area (Å²) in [5.74, 6) is -0.524. The molecule has 2 rings (SSSR count). The number of ether oxygens (including phenoxy) is 1. The molecule has 0 unspecified atom stereocenters. The lowest BCUT2D eigenvalue weighted by Crippen LogP contribution is -2.20. The molecule has 1 aromatic carbocycles. The molecule has 0 saturated heterocycles. The second-order valence-electron chi connectivity index (χ2n) is 4.54. The van der Waals surface area contributed by atoms with Gasteiger partial charge in [0.1, 0.15) is 5.75 Å². The number of hydrogen-bond donors (Lipinski definition) is 1. The van der Waals surface area contributed by atoms with Crippen LogP contribution < -0.4 is 10.1 Å². The standard InChI is InChI=1S/C15H13F3N2O2/c1-10-6-7-11(8-19-10)14(21)20-12-4-2-3-5-13(12)22-9-15(16,17)18/h2-8H,9H2,1H3,(H,20,21). The molecule has 0 spiro atoms. The van der Waals surface area contributed by atoms with Crippen LogP contribution in [0.15, 0.2) is 42.6 Å². The highest BCUT2D eigenvalue weighted by atomic mass is 19.4. The third kappa shape index (κ3) is 4.47. The lowest BCUT2D eigenvalue weighted by Gasteiger charge is -2.13. The van der Waals surface area contributed by atoms with Crippen molar-refractivity contribution in [3.8, 4) is 5.75 Å². The Hall–Kier alpha value is -2.57. The van der Waals surface area contributed by atoms with Crippen molar-refractivity contribution in [1.29, 1.82) is 0 Å². The van der Waals surface area contributed by atoms with Crippen molar-refractivity contribution < 1.29 is 22.7 Å². The topological polar surface area (TPSA) is 51.2 Å². The van der Waals surface area contributed by atoms with Crippen LogP contribution in [0.25, 0.3) is 0 Å². The molecule has 2 aromatic rings. The molecule has 0 bridgehead atoms. The maximum atomic E-state index is 12.2. The van der Waals surface area contributed by atoms with Gasteiger partial charge in [-0.1, -0.05) is 12.1 Å². The van der Waals surface area contributed by atoms with Gasteiger partial charge in [-0.15, -0.1) is 0 Å². The summed E-state index contributed by atoms with van der Waals surface area (Å²) in [6.45, 7) is 0.355. The molecule has 116 valence electrons. The smallest absolute Gasteiger partial charge is 0.422 e. The third-order valence-corrected chi connectivity index (χ3v) is 2.70. The zero-order valence-electron chi connectivity index (χ0n) is 11.6. The molecule has 0 fully saturated rings. The zero-order valence-corrected chi connectivity index (χ0v) is 11.6. The number of hydrogen-bond acceptors (Lipinski definition) is 3. The molecule has 0 aliphatic heterocycles. The summed E-state index contributed by atoms with van der Waals surface area (Å²) in [4.78, 5) is 16.0. The number of halogens is 3. The average molecular weight is 310 g/mol. The first-order valence-corrected chi connectivity index (χ1v) is 6.38. The maximum absolute atomic E-state index is 12.2. The molecule has 1 heterocycles. The quantitative estimate of drug-likeness (QED) is 0.939. The molecule has 7 heteroatoms. The van der Waals surface area contributed by atoms with Gasteiger partial charge >= 0.3 is 6.18 Å². The van der Waals surface area contributed by atoms with Gasteiger partial charge in [-0.2, -0.15) is 13.2 Å². The van der Waals surface area contributed by atoms with E-state index < -0.39 is 18.7 Å². The van der Waals surface area contributed by atoms with Crippen LogP contribution in [-0.4, -0.2) is 23.7 Å². The van der Waals surface area contributed by atoms with E-state index in [0.29, 0.717) is 5.56 Å². The number of alkyl halides is 3. The Kier molecular flexibility index (Phi) is 4.65. The molecule has 0 aliphatic carbocycles.